The monoisotopic (exact) mass is 572 g/mol. The van der Waals surface area contributed by atoms with E-state index in [1.165, 1.54) is 0 Å². The predicted octanol–water partition coefficient (Wildman–Crippen LogP) is 6.38. The van der Waals surface area contributed by atoms with Crippen molar-refractivity contribution >= 4 is 11.6 Å². The molecule has 0 aliphatic heterocycles. The van der Waals surface area contributed by atoms with E-state index in [1.807, 2.05) is 0 Å². The van der Waals surface area contributed by atoms with Crippen molar-refractivity contribution in [1.82, 2.24) is 15.0 Å². The first-order valence-electron chi connectivity index (χ1n) is 8.79. The van der Waals surface area contributed by atoms with Crippen LogP contribution in [0.25, 0.3) is 0 Å². The van der Waals surface area contributed by atoms with Gasteiger partial charge >= 0.3 is 42.9 Å². The fourth-order valence-corrected chi connectivity index (χ4v) is 2.31. The largest absolute Gasteiger partial charge is 0.440 e. The Hall–Kier alpha value is -3.42. The molecule has 6 nitrogen and oxygen atoms in total. The Balaban J connectivity index is 2.63. The summed E-state index contributed by atoms with van der Waals surface area (Å²) in [5, 5.41) is 1.59. The Morgan fingerprint density at radius 2 is 0.946 bits per heavy atom. The lowest BCUT2D eigenvalue weighted by Crippen LogP contribution is -2.47. The third-order valence-electron chi connectivity index (χ3n) is 3.71. The van der Waals surface area contributed by atoms with Crippen molar-refractivity contribution < 1.29 is 75.3 Å². The van der Waals surface area contributed by atoms with Gasteiger partial charge in [0, 0.05) is 0 Å². The van der Waals surface area contributed by atoms with Gasteiger partial charge in [-0.2, -0.15) is 75.8 Å². The second-order valence-corrected chi connectivity index (χ2v) is 6.55. The number of nitrogens with one attached hydrogen (secondary N) is 1. The van der Waals surface area contributed by atoms with Gasteiger partial charge in [0.1, 0.15) is 0 Å². The fourth-order valence-electron chi connectivity index (χ4n) is 2.31. The van der Waals surface area contributed by atoms with Crippen LogP contribution in [0.3, 0.4) is 0 Å². The molecule has 1 aromatic heterocycles. The van der Waals surface area contributed by atoms with Crippen molar-refractivity contribution in [3.63, 3.8) is 0 Å². The quantitative estimate of drug-likeness (QED) is 0.406. The number of anilines is 2. The van der Waals surface area contributed by atoms with Gasteiger partial charge in [-0.05, 0) is 12.1 Å². The van der Waals surface area contributed by atoms with Gasteiger partial charge in [-0.25, -0.2) is 0 Å². The molecule has 21 heteroatoms. The van der Waals surface area contributed by atoms with Crippen LogP contribution in [0.2, 0.25) is 0 Å². The highest BCUT2D eigenvalue weighted by Crippen LogP contribution is 2.39. The first kappa shape index (κ1) is 29.8. The maximum absolute atomic E-state index is 13.1. The number of hydrogen-bond acceptors (Lipinski definition) is 6. The molecule has 2 rings (SSSR count). The predicted molar refractivity (Wildman–Crippen MR) is 87.6 cm³/mol. The van der Waals surface area contributed by atoms with Gasteiger partial charge in [-0.1, -0.05) is 12.1 Å². The van der Waals surface area contributed by atoms with E-state index in [1.54, 1.807) is 5.32 Å². The van der Waals surface area contributed by atoms with Gasteiger partial charge in [0.2, 0.25) is 5.95 Å². The molecule has 0 spiro atoms. The van der Waals surface area contributed by atoms with Gasteiger partial charge in [0.25, 0.3) is 12.2 Å². The summed E-state index contributed by atoms with van der Waals surface area (Å²) in [6.45, 7) is 0. The molecule has 0 atom stereocenters. The molecule has 1 heterocycles. The number of benzene rings is 1. The van der Waals surface area contributed by atoms with Crippen LogP contribution in [0.5, 0.6) is 12.0 Å². The molecule has 37 heavy (non-hydrogen) atoms. The normalized spacial score (nSPS) is 13.8. The zero-order valence-corrected chi connectivity index (χ0v) is 16.8. The average molecular weight is 572 g/mol. The Morgan fingerprint density at radius 1 is 0.568 bits per heavy atom. The lowest BCUT2D eigenvalue weighted by Gasteiger charge is -2.24. The summed E-state index contributed by atoms with van der Waals surface area (Å²) in [5.74, 6) is -1.57. The summed E-state index contributed by atoms with van der Waals surface area (Å²) >= 11 is 0. The van der Waals surface area contributed by atoms with E-state index < -0.39 is 72.3 Å². The molecule has 0 bridgehead atoms. The average Bonchev–Trinajstić information content (AvgIpc) is 2.66. The van der Waals surface area contributed by atoms with Gasteiger partial charge in [-0.15, -0.1) is 4.98 Å². The van der Waals surface area contributed by atoms with Crippen LogP contribution in [0.4, 0.5) is 77.5 Å². The van der Waals surface area contributed by atoms with Gasteiger partial charge in [-0.3, -0.25) is 0 Å². The molecule has 1 aromatic carbocycles. The van der Waals surface area contributed by atoms with E-state index in [9.17, 15) is 65.9 Å². The summed E-state index contributed by atoms with van der Waals surface area (Å²) in [6, 6.07) is -1.63. The number of rotatable bonds is 6. The van der Waals surface area contributed by atoms with Crippen molar-refractivity contribution in [1.29, 1.82) is 0 Å². The van der Waals surface area contributed by atoms with Crippen molar-refractivity contribution in [3.8, 4) is 12.0 Å². The SMILES string of the molecule is FC(F)(F)c1ccccc1Nc1nc(OC(C(F)(F)F)C(F)(F)F)nc(OC(C(F)(F)F)C(F)(F)F)n1. The third kappa shape index (κ3) is 8.03. The Labute approximate surface area is 193 Å². The third-order valence-corrected chi connectivity index (χ3v) is 3.71. The molecule has 1 N–H and O–H groups in total. The Kier molecular flexibility index (Phi) is 7.90. The van der Waals surface area contributed by atoms with Crippen LogP contribution in [-0.2, 0) is 6.18 Å². The number of ether oxygens (including phenoxy) is 2. The number of nitrogens with zero attached hydrogens (tertiary/aromatic N) is 3. The number of para-hydroxylation sites is 1. The zero-order valence-electron chi connectivity index (χ0n) is 16.8. The highest BCUT2D eigenvalue weighted by atomic mass is 19.4. The van der Waals surface area contributed by atoms with E-state index in [0.29, 0.717) is 12.1 Å². The number of hydrogen-bond donors (Lipinski definition) is 1. The second-order valence-electron chi connectivity index (χ2n) is 6.55. The molecular formula is C16H7F15N4O2. The van der Waals surface area contributed by atoms with E-state index in [4.69, 9.17) is 0 Å². The summed E-state index contributed by atoms with van der Waals surface area (Å²) in [4.78, 5) is 8.02. The maximum Gasteiger partial charge on any atom is 0.434 e. The van der Waals surface area contributed by atoms with Crippen molar-refractivity contribution in [2.75, 3.05) is 5.32 Å². The summed E-state index contributed by atoms with van der Waals surface area (Å²) in [6.07, 6.45) is -39.7. The van der Waals surface area contributed by atoms with E-state index in [2.05, 4.69) is 24.4 Å². The van der Waals surface area contributed by atoms with Crippen LogP contribution >= 0.6 is 0 Å². The maximum atomic E-state index is 13.1. The van der Waals surface area contributed by atoms with Crippen molar-refractivity contribution in [2.24, 2.45) is 0 Å². The number of aromatic nitrogens is 3. The number of alkyl halides is 15. The van der Waals surface area contributed by atoms with Crippen LogP contribution < -0.4 is 14.8 Å². The highest BCUT2D eigenvalue weighted by molar-refractivity contribution is 5.59. The minimum atomic E-state index is -6.26. The fraction of sp³-hybridized carbons (Fsp3) is 0.438. The highest BCUT2D eigenvalue weighted by Gasteiger charge is 2.61. The Bertz CT molecular complexity index is 996. The summed E-state index contributed by atoms with van der Waals surface area (Å²) in [7, 11) is 0. The molecular weight excluding hydrogens is 565 g/mol. The lowest BCUT2D eigenvalue weighted by molar-refractivity contribution is -0.302. The van der Waals surface area contributed by atoms with Gasteiger partial charge in [0.05, 0.1) is 11.3 Å². The van der Waals surface area contributed by atoms with E-state index in [0.717, 1.165) is 12.1 Å². The standard InChI is InChI=1S/C16H7F15N4O2/c17-12(18,19)5-3-1-2-4-6(5)32-9-33-10(36-7(13(20,21)22)14(23,24)25)35-11(34-9)37-8(15(26,27)28)16(29,30)31/h1-4,7-8H,(H,32,33,34,35). The first-order valence-corrected chi connectivity index (χ1v) is 8.79. The smallest absolute Gasteiger partial charge is 0.434 e. The van der Waals surface area contributed by atoms with Crippen LogP contribution in [0.15, 0.2) is 24.3 Å². The zero-order chi connectivity index (χ0) is 28.6. The molecule has 208 valence electrons. The molecule has 0 aliphatic carbocycles. The van der Waals surface area contributed by atoms with Crippen LogP contribution in [0.1, 0.15) is 5.56 Å². The topological polar surface area (TPSA) is 69.2 Å². The molecule has 0 amide bonds. The number of halogens is 15. The molecule has 0 fully saturated rings. The van der Waals surface area contributed by atoms with E-state index >= 15 is 0 Å². The molecule has 0 radical (unpaired) electrons. The molecule has 0 unspecified atom stereocenters. The molecule has 0 saturated carbocycles. The lowest BCUT2D eigenvalue weighted by atomic mass is 10.1. The van der Waals surface area contributed by atoms with Crippen molar-refractivity contribution in [3.05, 3.63) is 29.8 Å². The second kappa shape index (κ2) is 9.80. The van der Waals surface area contributed by atoms with Gasteiger partial charge in [0.15, 0.2) is 0 Å². The van der Waals surface area contributed by atoms with Crippen molar-refractivity contribution in [2.45, 2.75) is 43.1 Å². The first-order chi connectivity index (χ1) is 16.5. The van der Waals surface area contributed by atoms with Gasteiger partial charge < -0.3 is 14.8 Å². The summed E-state index contributed by atoms with van der Waals surface area (Å²) < 4.78 is 200. The van der Waals surface area contributed by atoms with E-state index in [-0.39, 0.29) is 0 Å². The van der Waals surface area contributed by atoms with Crippen LogP contribution in [0, 0.1) is 0 Å². The molecule has 0 saturated heterocycles. The summed E-state index contributed by atoms with van der Waals surface area (Å²) in [5.41, 5.74) is -2.61. The molecule has 0 aliphatic rings. The molecule has 2 aromatic rings. The minimum Gasteiger partial charge on any atom is -0.440 e. The minimum absolute atomic E-state index is 0.408. The Morgan fingerprint density at radius 3 is 1.30 bits per heavy atom. The van der Waals surface area contributed by atoms with Crippen LogP contribution in [-0.4, -0.2) is 51.9 Å².